The Labute approximate surface area is 90.6 Å². The molecule has 0 heterocycles. The van der Waals surface area contributed by atoms with Gasteiger partial charge >= 0.3 is 0 Å². The lowest BCUT2D eigenvalue weighted by Crippen LogP contribution is -2.29. The second kappa shape index (κ2) is 5.83. The highest BCUT2D eigenvalue weighted by Crippen LogP contribution is 2.19. The minimum absolute atomic E-state index is 0.677. The maximum absolute atomic E-state index is 5.17. The quantitative estimate of drug-likeness (QED) is 0.565. The Morgan fingerprint density at radius 3 is 2.46 bits per heavy atom. The monoisotopic (exact) mass is 218 g/mol. The van der Waals surface area contributed by atoms with Crippen LogP contribution in [0.1, 0.15) is 32.1 Å². The van der Waals surface area contributed by atoms with Crippen LogP contribution in [0.4, 0.5) is 0 Å². The molecule has 0 aliphatic heterocycles. The fourth-order valence-corrected chi connectivity index (χ4v) is 2.28. The van der Waals surface area contributed by atoms with Gasteiger partial charge in [0.05, 0.1) is 0 Å². The summed E-state index contributed by atoms with van der Waals surface area (Å²) < 4.78 is 4.36. The normalized spacial score (nSPS) is 18.6. The highest BCUT2D eigenvalue weighted by Gasteiger charge is 2.13. The molecule has 1 saturated carbocycles. The molecule has 13 heavy (non-hydrogen) atoms. The second-order valence-corrected chi connectivity index (χ2v) is 5.19. The van der Waals surface area contributed by atoms with Crippen LogP contribution in [0.5, 0.6) is 0 Å². The van der Waals surface area contributed by atoms with E-state index < -0.39 is 0 Å². The third-order valence-corrected chi connectivity index (χ3v) is 3.89. The molecule has 0 aromatic heterocycles. The summed E-state index contributed by atoms with van der Waals surface area (Å²) in [6.07, 6.45) is 6.76. The topological polar surface area (TPSA) is 15.3 Å². The molecule has 1 N–H and O–H groups in total. The second-order valence-electron chi connectivity index (χ2n) is 3.72. The molecule has 0 radical (unpaired) electrons. The standard InChI is InChI=1S/C9H18N2S2/c1-11(2)9(12)13-10-8-6-4-3-5-7-8/h8,10H,3-7H2,1-2H3. The summed E-state index contributed by atoms with van der Waals surface area (Å²) in [4.78, 5) is 1.97. The molecule has 0 aromatic rings. The van der Waals surface area contributed by atoms with Crippen molar-refractivity contribution in [3.8, 4) is 0 Å². The number of nitrogens with zero attached hydrogens (tertiary/aromatic N) is 1. The largest absolute Gasteiger partial charge is 0.363 e. The predicted molar refractivity (Wildman–Crippen MR) is 63.9 cm³/mol. The Bertz CT molecular complexity index is 165. The van der Waals surface area contributed by atoms with Crippen molar-refractivity contribution in [1.29, 1.82) is 0 Å². The average Bonchev–Trinajstić information content (AvgIpc) is 2.15. The molecular formula is C9H18N2S2. The van der Waals surface area contributed by atoms with Gasteiger partial charge in [-0.05, 0) is 24.8 Å². The van der Waals surface area contributed by atoms with E-state index in [-0.39, 0.29) is 0 Å². The summed E-state index contributed by atoms with van der Waals surface area (Å²) in [6.45, 7) is 0. The zero-order valence-corrected chi connectivity index (χ0v) is 10.0. The van der Waals surface area contributed by atoms with Crippen molar-refractivity contribution in [2.75, 3.05) is 14.1 Å². The van der Waals surface area contributed by atoms with Crippen LogP contribution in [0.3, 0.4) is 0 Å². The minimum atomic E-state index is 0.677. The van der Waals surface area contributed by atoms with Crippen LogP contribution < -0.4 is 4.72 Å². The zero-order valence-electron chi connectivity index (χ0n) is 8.38. The molecule has 0 spiro atoms. The van der Waals surface area contributed by atoms with Gasteiger partial charge in [-0.2, -0.15) is 0 Å². The molecule has 0 saturated heterocycles. The van der Waals surface area contributed by atoms with Gasteiger partial charge in [0.1, 0.15) is 0 Å². The SMILES string of the molecule is CN(C)C(=S)SNC1CCCCC1. The van der Waals surface area contributed by atoms with Gasteiger partial charge in [-0.1, -0.05) is 31.5 Å². The van der Waals surface area contributed by atoms with Crippen molar-refractivity contribution >= 4 is 28.5 Å². The van der Waals surface area contributed by atoms with Gasteiger partial charge in [0, 0.05) is 20.1 Å². The highest BCUT2D eigenvalue weighted by atomic mass is 32.2. The van der Waals surface area contributed by atoms with Crippen molar-refractivity contribution in [1.82, 2.24) is 9.62 Å². The fraction of sp³-hybridized carbons (Fsp3) is 0.889. The summed E-state index contributed by atoms with van der Waals surface area (Å²) in [6, 6.07) is 0.677. The molecule has 0 atom stereocenters. The van der Waals surface area contributed by atoms with E-state index in [1.165, 1.54) is 32.1 Å². The molecule has 1 fully saturated rings. The molecule has 76 valence electrons. The molecule has 0 aromatic carbocycles. The van der Waals surface area contributed by atoms with Crippen LogP contribution in [0.15, 0.2) is 0 Å². The van der Waals surface area contributed by atoms with Gasteiger partial charge in [0.2, 0.25) is 0 Å². The van der Waals surface area contributed by atoms with Crippen molar-refractivity contribution in [2.45, 2.75) is 38.1 Å². The molecule has 1 aliphatic rings. The average molecular weight is 218 g/mol. The number of rotatable bonds is 2. The maximum Gasteiger partial charge on any atom is 0.150 e. The van der Waals surface area contributed by atoms with E-state index in [9.17, 15) is 0 Å². The van der Waals surface area contributed by atoms with E-state index in [4.69, 9.17) is 12.2 Å². The third-order valence-electron chi connectivity index (χ3n) is 2.28. The molecule has 0 unspecified atom stereocenters. The van der Waals surface area contributed by atoms with Crippen molar-refractivity contribution in [3.05, 3.63) is 0 Å². The van der Waals surface area contributed by atoms with E-state index in [0.29, 0.717) is 6.04 Å². The summed E-state index contributed by atoms with van der Waals surface area (Å²) in [5, 5.41) is 0. The fourth-order valence-electron chi connectivity index (χ4n) is 1.45. The summed E-state index contributed by atoms with van der Waals surface area (Å²) in [5.41, 5.74) is 0. The van der Waals surface area contributed by atoms with Crippen molar-refractivity contribution in [2.24, 2.45) is 0 Å². The number of thiocarbonyl (C=S) groups is 1. The molecule has 1 rings (SSSR count). The number of hydrogen-bond donors (Lipinski definition) is 1. The van der Waals surface area contributed by atoms with Crippen molar-refractivity contribution < 1.29 is 0 Å². The number of nitrogens with one attached hydrogen (secondary N) is 1. The first-order valence-electron chi connectivity index (χ1n) is 4.84. The van der Waals surface area contributed by atoms with Gasteiger partial charge in [-0.15, -0.1) is 0 Å². The first-order chi connectivity index (χ1) is 6.20. The van der Waals surface area contributed by atoms with Crippen LogP contribution in [0.2, 0.25) is 0 Å². The summed E-state index contributed by atoms with van der Waals surface area (Å²) >= 11 is 6.77. The smallest absolute Gasteiger partial charge is 0.150 e. The Hall–Kier alpha value is 0.200. The van der Waals surface area contributed by atoms with Gasteiger partial charge in [0.15, 0.2) is 4.32 Å². The molecule has 4 heteroatoms. The molecule has 2 nitrogen and oxygen atoms in total. The Morgan fingerprint density at radius 2 is 1.92 bits per heavy atom. The van der Waals surface area contributed by atoms with Gasteiger partial charge in [-0.25, -0.2) is 0 Å². The summed E-state index contributed by atoms with van der Waals surface area (Å²) in [5.74, 6) is 0. The lowest BCUT2D eigenvalue weighted by molar-refractivity contribution is 0.424. The van der Waals surface area contributed by atoms with Crippen LogP contribution >= 0.6 is 24.2 Å². The van der Waals surface area contributed by atoms with E-state index in [1.807, 2.05) is 19.0 Å². The molecule has 0 bridgehead atoms. The highest BCUT2D eigenvalue weighted by molar-refractivity contribution is 8.21. The molecular weight excluding hydrogens is 200 g/mol. The lowest BCUT2D eigenvalue weighted by Gasteiger charge is -2.23. The van der Waals surface area contributed by atoms with Crippen molar-refractivity contribution in [3.63, 3.8) is 0 Å². The first kappa shape index (κ1) is 11.3. The Balaban J connectivity index is 2.13. The summed E-state index contributed by atoms with van der Waals surface area (Å²) in [7, 11) is 3.97. The van der Waals surface area contributed by atoms with Gasteiger partial charge in [0.25, 0.3) is 0 Å². The van der Waals surface area contributed by atoms with Crippen LogP contribution in [0, 0.1) is 0 Å². The van der Waals surface area contributed by atoms with Gasteiger partial charge < -0.3 is 4.90 Å². The lowest BCUT2D eigenvalue weighted by atomic mass is 9.96. The zero-order chi connectivity index (χ0) is 9.68. The van der Waals surface area contributed by atoms with E-state index in [0.717, 1.165) is 4.32 Å². The van der Waals surface area contributed by atoms with Crippen LogP contribution in [0.25, 0.3) is 0 Å². The predicted octanol–water partition coefficient (Wildman–Crippen LogP) is 2.40. The number of hydrogen-bond acceptors (Lipinski definition) is 3. The third kappa shape index (κ3) is 4.29. The van der Waals surface area contributed by atoms with Crippen LogP contribution in [-0.4, -0.2) is 29.4 Å². The maximum atomic E-state index is 5.17. The first-order valence-corrected chi connectivity index (χ1v) is 6.06. The van der Waals surface area contributed by atoms with Gasteiger partial charge in [-0.3, -0.25) is 4.72 Å². The van der Waals surface area contributed by atoms with E-state index in [2.05, 4.69) is 4.72 Å². The Morgan fingerprint density at radius 1 is 1.31 bits per heavy atom. The van der Waals surface area contributed by atoms with E-state index in [1.54, 1.807) is 11.9 Å². The molecule has 1 aliphatic carbocycles. The minimum Gasteiger partial charge on any atom is -0.363 e. The van der Waals surface area contributed by atoms with Crippen LogP contribution in [-0.2, 0) is 0 Å². The Kier molecular flexibility index (Phi) is 5.06. The van der Waals surface area contributed by atoms with E-state index >= 15 is 0 Å². The molecule has 0 amide bonds.